The van der Waals surface area contributed by atoms with Gasteiger partial charge in [0.05, 0.1) is 5.02 Å². The van der Waals surface area contributed by atoms with Crippen LogP contribution in [0.3, 0.4) is 0 Å². The zero-order valence-corrected chi connectivity index (χ0v) is 11.0. The van der Waals surface area contributed by atoms with Crippen LogP contribution in [0.2, 0.25) is 5.02 Å². The van der Waals surface area contributed by atoms with Crippen molar-refractivity contribution in [1.82, 2.24) is 4.98 Å². The van der Waals surface area contributed by atoms with Crippen molar-refractivity contribution in [1.29, 1.82) is 10.5 Å². The van der Waals surface area contributed by atoms with Gasteiger partial charge in [0.15, 0.2) is 0 Å². The quantitative estimate of drug-likeness (QED) is 0.741. The molecule has 0 aliphatic rings. The number of anilines is 1. The van der Waals surface area contributed by atoms with Gasteiger partial charge < -0.3 is 15.8 Å². The van der Waals surface area contributed by atoms with Gasteiger partial charge in [-0.05, 0) is 12.1 Å². The van der Waals surface area contributed by atoms with E-state index in [0.717, 1.165) is 12.1 Å². The van der Waals surface area contributed by atoms with Gasteiger partial charge in [0, 0.05) is 11.1 Å². The van der Waals surface area contributed by atoms with Crippen molar-refractivity contribution in [3.63, 3.8) is 0 Å². The summed E-state index contributed by atoms with van der Waals surface area (Å²) in [6.45, 7) is 0. The first kappa shape index (κ1) is 14.4. The van der Waals surface area contributed by atoms with Crippen LogP contribution in [0.4, 0.5) is 10.2 Å². The molecule has 0 aliphatic heterocycles. The van der Waals surface area contributed by atoms with Gasteiger partial charge >= 0.3 is 0 Å². The smallest absolute Gasteiger partial charge is 0.268 e. The Balaban J connectivity index is 3.04. The minimum Gasteiger partial charge on any atom is -0.506 e. The molecule has 0 bridgehead atoms. The lowest BCUT2D eigenvalue weighted by Crippen LogP contribution is -2.16. The summed E-state index contributed by atoms with van der Waals surface area (Å²) in [5.74, 6) is -1.66. The number of halogens is 2. The highest BCUT2D eigenvalue weighted by Crippen LogP contribution is 2.39. The summed E-state index contributed by atoms with van der Waals surface area (Å²) < 4.78 is 13.5. The molecule has 2 rings (SSSR count). The fourth-order valence-electron chi connectivity index (χ4n) is 1.87. The molecule has 1 aromatic heterocycles. The van der Waals surface area contributed by atoms with E-state index in [2.05, 4.69) is 4.98 Å². The second kappa shape index (κ2) is 5.16. The lowest BCUT2D eigenvalue weighted by molar-refractivity contribution is 0.475. The molecule has 6 nitrogen and oxygen atoms in total. The van der Waals surface area contributed by atoms with Crippen LogP contribution in [-0.2, 0) is 0 Å². The van der Waals surface area contributed by atoms with Gasteiger partial charge in [0.1, 0.15) is 40.6 Å². The number of aromatic amines is 1. The van der Waals surface area contributed by atoms with Crippen LogP contribution in [0.5, 0.6) is 5.75 Å². The summed E-state index contributed by atoms with van der Waals surface area (Å²) in [6.07, 6.45) is 0. The van der Waals surface area contributed by atoms with E-state index in [1.807, 2.05) is 0 Å². The topological polar surface area (TPSA) is 127 Å². The molecular formula is C13H6ClFN4O2. The highest BCUT2D eigenvalue weighted by molar-refractivity contribution is 6.32. The molecule has 0 saturated heterocycles. The molecular weight excluding hydrogens is 299 g/mol. The van der Waals surface area contributed by atoms with Crippen molar-refractivity contribution in [3.8, 4) is 29.0 Å². The predicted molar refractivity (Wildman–Crippen MR) is 73.0 cm³/mol. The van der Waals surface area contributed by atoms with Crippen molar-refractivity contribution < 1.29 is 9.50 Å². The molecule has 1 heterocycles. The van der Waals surface area contributed by atoms with E-state index in [-0.39, 0.29) is 27.5 Å². The Bertz CT molecular complexity index is 893. The van der Waals surface area contributed by atoms with E-state index in [4.69, 9.17) is 27.9 Å². The molecule has 8 heteroatoms. The summed E-state index contributed by atoms with van der Waals surface area (Å²) in [7, 11) is 0. The molecule has 0 unspecified atom stereocenters. The van der Waals surface area contributed by atoms with E-state index in [1.165, 1.54) is 0 Å². The lowest BCUT2D eigenvalue weighted by Gasteiger charge is -2.11. The number of nitrogen functional groups attached to an aromatic ring is 1. The fraction of sp³-hybridized carbons (Fsp3) is 0. The summed E-state index contributed by atoms with van der Waals surface area (Å²) in [5, 5.41) is 27.8. The number of phenolic OH excluding ortho intramolecular Hbond substituents is 1. The van der Waals surface area contributed by atoms with Gasteiger partial charge in [-0.3, -0.25) is 4.79 Å². The number of phenols is 1. The van der Waals surface area contributed by atoms with E-state index in [0.29, 0.717) is 0 Å². The first-order chi connectivity index (χ1) is 9.90. The van der Waals surface area contributed by atoms with Crippen molar-refractivity contribution in [2.75, 3.05) is 5.73 Å². The van der Waals surface area contributed by atoms with Crippen molar-refractivity contribution in [3.05, 3.63) is 44.5 Å². The number of nitrogens with zero attached hydrogens (tertiary/aromatic N) is 2. The van der Waals surface area contributed by atoms with Gasteiger partial charge in [-0.25, -0.2) is 4.39 Å². The minimum absolute atomic E-state index is 0.258. The molecule has 4 N–H and O–H groups in total. The molecule has 0 amide bonds. The third-order valence-corrected chi connectivity index (χ3v) is 3.05. The van der Waals surface area contributed by atoms with Gasteiger partial charge in [-0.1, -0.05) is 11.6 Å². The molecule has 0 atom stereocenters. The van der Waals surface area contributed by atoms with Gasteiger partial charge in [0.2, 0.25) is 0 Å². The Morgan fingerprint density at radius 1 is 1.29 bits per heavy atom. The second-order valence-corrected chi connectivity index (χ2v) is 4.41. The number of pyridine rings is 1. The third kappa shape index (κ3) is 2.27. The van der Waals surface area contributed by atoms with Crippen molar-refractivity contribution in [2.45, 2.75) is 0 Å². The third-order valence-electron chi connectivity index (χ3n) is 2.77. The zero-order valence-electron chi connectivity index (χ0n) is 10.2. The number of benzene rings is 1. The molecule has 104 valence electrons. The second-order valence-electron chi connectivity index (χ2n) is 4.00. The number of aromatic hydroxyl groups is 1. The summed E-state index contributed by atoms with van der Waals surface area (Å²) in [5.41, 5.74) is 3.41. The maximum Gasteiger partial charge on any atom is 0.268 e. The molecule has 21 heavy (non-hydrogen) atoms. The molecule has 0 radical (unpaired) electrons. The Kier molecular flexibility index (Phi) is 3.53. The molecule has 0 saturated carbocycles. The maximum absolute atomic E-state index is 13.5. The highest BCUT2D eigenvalue weighted by Gasteiger charge is 2.22. The zero-order chi connectivity index (χ0) is 15.7. The van der Waals surface area contributed by atoms with Crippen molar-refractivity contribution >= 4 is 17.4 Å². The number of nitrogens with one attached hydrogen (secondary N) is 1. The van der Waals surface area contributed by atoms with E-state index in [1.54, 1.807) is 12.1 Å². The largest absolute Gasteiger partial charge is 0.506 e. The molecule has 2 aromatic rings. The average Bonchev–Trinajstić information content (AvgIpc) is 2.42. The first-order valence-electron chi connectivity index (χ1n) is 5.45. The SMILES string of the molecule is N#Cc1c(N)[nH]c(=O)c(C#N)c1-c1cc(F)cc(Cl)c1O. The Hall–Kier alpha value is -3.03. The number of rotatable bonds is 1. The normalized spacial score (nSPS) is 9.90. The number of aromatic nitrogens is 1. The first-order valence-corrected chi connectivity index (χ1v) is 5.82. The van der Waals surface area contributed by atoms with E-state index in [9.17, 15) is 14.3 Å². The van der Waals surface area contributed by atoms with E-state index >= 15 is 0 Å². The molecule has 1 aromatic carbocycles. The average molecular weight is 305 g/mol. The van der Waals surface area contributed by atoms with Crippen LogP contribution < -0.4 is 11.3 Å². The summed E-state index contributed by atoms with van der Waals surface area (Å²) >= 11 is 5.67. The fourth-order valence-corrected chi connectivity index (χ4v) is 2.08. The molecule has 0 spiro atoms. The Morgan fingerprint density at radius 2 is 1.90 bits per heavy atom. The minimum atomic E-state index is -0.858. The molecule has 0 aliphatic carbocycles. The van der Waals surface area contributed by atoms with Gasteiger partial charge in [0.25, 0.3) is 5.56 Å². The monoisotopic (exact) mass is 304 g/mol. The van der Waals surface area contributed by atoms with Crippen LogP contribution >= 0.6 is 11.6 Å². The number of nitriles is 2. The number of hydrogen-bond donors (Lipinski definition) is 3. The standard InChI is InChI=1S/C13H6ClFN4O2/c14-9-2-5(15)1-6(11(9)20)10-7(3-16)12(18)19-13(21)8(10)4-17/h1-2,20H,(H3,18,19,21). The Labute approximate surface area is 122 Å². The van der Waals surface area contributed by atoms with Crippen molar-refractivity contribution in [2.24, 2.45) is 0 Å². The van der Waals surface area contributed by atoms with Gasteiger partial charge in [-0.15, -0.1) is 0 Å². The predicted octanol–water partition coefficient (Wildman–Crippen LogP) is 1.87. The van der Waals surface area contributed by atoms with Gasteiger partial charge in [-0.2, -0.15) is 10.5 Å². The highest BCUT2D eigenvalue weighted by atomic mass is 35.5. The van der Waals surface area contributed by atoms with Crippen LogP contribution in [0.1, 0.15) is 11.1 Å². The van der Waals surface area contributed by atoms with Crippen LogP contribution in [0.25, 0.3) is 11.1 Å². The van der Waals surface area contributed by atoms with Crippen LogP contribution in [0, 0.1) is 28.5 Å². The molecule has 0 fully saturated rings. The number of hydrogen-bond acceptors (Lipinski definition) is 5. The lowest BCUT2D eigenvalue weighted by atomic mass is 9.96. The Morgan fingerprint density at radius 3 is 2.48 bits per heavy atom. The maximum atomic E-state index is 13.5. The summed E-state index contributed by atoms with van der Waals surface area (Å²) in [6, 6.07) is 5.03. The number of H-pyrrole nitrogens is 1. The van der Waals surface area contributed by atoms with Crippen LogP contribution in [-0.4, -0.2) is 10.1 Å². The summed E-state index contributed by atoms with van der Waals surface area (Å²) in [4.78, 5) is 13.9. The van der Waals surface area contributed by atoms with E-state index < -0.39 is 22.7 Å². The van der Waals surface area contributed by atoms with Crippen LogP contribution in [0.15, 0.2) is 16.9 Å². The number of nitrogens with two attached hydrogens (primary N) is 1.